The molecule has 2 N–H and O–H groups in total. The lowest BCUT2D eigenvalue weighted by atomic mass is 9.76. The molecule has 0 bridgehead atoms. The van der Waals surface area contributed by atoms with Crippen molar-refractivity contribution in [3.63, 3.8) is 0 Å². The van der Waals surface area contributed by atoms with Gasteiger partial charge in [-0.3, -0.25) is 9.48 Å². The fourth-order valence-electron chi connectivity index (χ4n) is 4.26. The minimum atomic E-state index is -2.18. The molecule has 3 aromatic heterocycles. The Morgan fingerprint density at radius 3 is 2.62 bits per heavy atom. The normalized spacial score (nSPS) is 27.3. The number of carbonyl (C=O) groups excluding carboxylic acids is 3. The summed E-state index contributed by atoms with van der Waals surface area (Å²) in [5, 5.41) is 27.7. The molecule has 0 saturated heterocycles. The summed E-state index contributed by atoms with van der Waals surface area (Å²) in [5.74, 6) is -3.58. The number of hydrogen-bond acceptors (Lipinski definition) is 11. The molecule has 0 aromatic carbocycles. The highest BCUT2D eigenvalue weighted by Crippen LogP contribution is 2.40. The number of cyclic esters (lactones) is 2. The van der Waals surface area contributed by atoms with Crippen LogP contribution < -0.4 is 4.74 Å². The topological polar surface area (TPSA) is 171 Å². The quantitative estimate of drug-likeness (QED) is 0.424. The number of aryl methyl sites for hydroxylation is 1. The molecule has 1 fully saturated rings. The first-order valence-electron chi connectivity index (χ1n) is 11.3. The first-order valence-corrected chi connectivity index (χ1v) is 11.3. The van der Waals surface area contributed by atoms with Gasteiger partial charge in [-0.05, 0) is 13.0 Å². The van der Waals surface area contributed by atoms with Crippen LogP contribution >= 0.6 is 0 Å². The van der Waals surface area contributed by atoms with E-state index >= 15 is 0 Å². The number of esters is 2. The molecule has 2 aliphatic rings. The van der Waals surface area contributed by atoms with Crippen molar-refractivity contribution in [2.24, 2.45) is 7.05 Å². The lowest BCUT2D eigenvalue weighted by molar-refractivity contribution is -0.172. The highest BCUT2D eigenvalue weighted by molar-refractivity contribution is 5.96. The Bertz CT molecular complexity index is 1420. The van der Waals surface area contributed by atoms with Crippen molar-refractivity contribution in [2.45, 2.75) is 43.6 Å². The van der Waals surface area contributed by atoms with Crippen LogP contribution in [0.2, 0.25) is 0 Å². The number of nitrogens with zero attached hydrogens (tertiary/aromatic N) is 6. The van der Waals surface area contributed by atoms with Crippen molar-refractivity contribution in [1.29, 1.82) is 0 Å². The van der Waals surface area contributed by atoms with Gasteiger partial charge in [0, 0.05) is 44.7 Å². The van der Waals surface area contributed by atoms with Crippen LogP contribution in [0.25, 0.3) is 16.8 Å². The van der Waals surface area contributed by atoms with Crippen LogP contribution in [0.15, 0.2) is 42.9 Å². The van der Waals surface area contributed by atoms with Crippen LogP contribution in [-0.4, -0.2) is 88.2 Å². The summed E-state index contributed by atoms with van der Waals surface area (Å²) in [6.45, 7) is 1.89. The molecule has 194 valence electrons. The number of rotatable bonds is 5. The number of aromatic nitrogens is 5. The van der Waals surface area contributed by atoms with Crippen molar-refractivity contribution in [1.82, 2.24) is 29.3 Å². The summed E-state index contributed by atoms with van der Waals surface area (Å²) >= 11 is 0. The van der Waals surface area contributed by atoms with Crippen LogP contribution in [-0.2, 0) is 30.9 Å². The maximum Gasteiger partial charge on any atom is 0.344 e. The molecule has 1 aliphatic heterocycles. The van der Waals surface area contributed by atoms with E-state index in [1.165, 1.54) is 11.9 Å². The molecule has 0 radical (unpaired) electrons. The van der Waals surface area contributed by atoms with Gasteiger partial charge >= 0.3 is 11.9 Å². The van der Waals surface area contributed by atoms with E-state index in [9.17, 15) is 24.6 Å². The molecule has 0 unspecified atom stereocenters. The van der Waals surface area contributed by atoms with Gasteiger partial charge in [0.15, 0.2) is 12.2 Å². The Labute approximate surface area is 209 Å². The van der Waals surface area contributed by atoms with Gasteiger partial charge in [-0.1, -0.05) is 0 Å². The number of fused-ring (bicyclic) bond motifs is 1. The van der Waals surface area contributed by atoms with E-state index in [2.05, 4.69) is 19.9 Å². The van der Waals surface area contributed by atoms with Crippen molar-refractivity contribution in [3.05, 3.63) is 42.9 Å². The molecule has 4 heterocycles. The van der Waals surface area contributed by atoms with Gasteiger partial charge in [0.2, 0.25) is 11.6 Å². The molecule has 1 aliphatic carbocycles. The van der Waals surface area contributed by atoms with E-state index in [0.29, 0.717) is 36.2 Å². The monoisotopic (exact) mass is 512 g/mol. The lowest BCUT2D eigenvalue weighted by Crippen LogP contribution is -2.57. The van der Waals surface area contributed by atoms with Crippen molar-refractivity contribution >= 4 is 23.4 Å². The predicted molar refractivity (Wildman–Crippen MR) is 122 cm³/mol. The lowest BCUT2D eigenvalue weighted by Gasteiger charge is -2.48. The Hall–Kier alpha value is -4.30. The van der Waals surface area contributed by atoms with E-state index in [1.807, 2.05) is 20.2 Å². The maximum atomic E-state index is 12.9. The Kier molecular flexibility index (Phi) is 5.92. The van der Waals surface area contributed by atoms with E-state index in [1.54, 1.807) is 33.9 Å². The van der Waals surface area contributed by atoms with E-state index in [-0.39, 0.29) is 6.04 Å². The molecule has 14 heteroatoms. The van der Waals surface area contributed by atoms with E-state index in [4.69, 9.17) is 9.47 Å². The fourth-order valence-corrected chi connectivity index (χ4v) is 4.26. The number of aliphatic hydroxyl groups is 2. The number of ether oxygens (including phenoxy) is 3. The number of likely N-dealkylation sites (N-methyl/N-ethyl adjacent to an activating group) is 1. The van der Waals surface area contributed by atoms with Gasteiger partial charge in [-0.25, -0.2) is 19.1 Å². The molecule has 2 atom stereocenters. The minimum absolute atomic E-state index is 0.295. The van der Waals surface area contributed by atoms with Crippen molar-refractivity contribution < 1.29 is 38.8 Å². The zero-order valence-corrected chi connectivity index (χ0v) is 20.1. The van der Waals surface area contributed by atoms with Crippen molar-refractivity contribution in [2.75, 3.05) is 7.05 Å². The molecular weight excluding hydrogens is 488 g/mol. The Balaban J connectivity index is 1.30. The Morgan fingerprint density at radius 2 is 1.92 bits per heavy atom. The molecular formula is C23H24N6O8. The van der Waals surface area contributed by atoms with Gasteiger partial charge in [-0.2, -0.15) is 10.2 Å². The summed E-state index contributed by atoms with van der Waals surface area (Å²) in [6, 6.07) is 1.49. The standard InChI is InChI=1S/C23H24N6O8/c1-23(37-19-15-4-5-24-29(15)10-14(26-19)12-8-25-27(2)9-12)6-13(7-23)28(3)20(32)16-11-35-21(33)17(30)18(31)22(34)36-16/h4-5,8-11,13,17-18,30-31H,6-7H2,1-3H3/b16-11-/t13?,17-,18-,23?/m0/s1. The van der Waals surface area contributed by atoms with Crippen molar-refractivity contribution in [3.8, 4) is 17.1 Å². The average molecular weight is 512 g/mol. The van der Waals surface area contributed by atoms with E-state index in [0.717, 1.165) is 5.56 Å². The predicted octanol–water partition coefficient (Wildman–Crippen LogP) is -0.449. The number of aliphatic hydroxyl groups excluding tert-OH is 2. The van der Waals surface area contributed by atoms with Gasteiger partial charge in [-0.15, -0.1) is 0 Å². The summed E-state index contributed by atoms with van der Waals surface area (Å²) < 4.78 is 19.2. The molecule has 5 rings (SSSR count). The smallest absolute Gasteiger partial charge is 0.344 e. The summed E-state index contributed by atoms with van der Waals surface area (Å²) in [5.41, 5.74) is 1.44. The number of amides is 1. The van der Waals surface area contributed by atoms with Crippen LogP contribution in [0.4, 0.5) is 0 Å². The second-order valence-corrected chi connectivity index (χ2v) is 9.25. The summed E-state index contributed by atoms with van der Waals surface area (Å²) in [4.78, 5) is 42.5. The van der Waals surface area contributed by atoms with Gasteiger partial charge in [0.1, 0.15) is 17.4 Å². The first kappa shape index (κ1) is 24.4. The third-order valence-corrected chi connectivity index (χ3v) is 6.39. The highest BCUT2D eigenvalue weighted by Gasteiger charge is 2.47. The fraction of sp³-hybridized carbons (Fsp3) is 0.391. The summed E-state index contributed by atoms with van der Waals surface area (Å²) in [7, 11) is 3.31. The number of carbonyl (C=O) groups is 3. The second kappa shape index (κ2) is 8.97. The Morgan fingerprint density at radius 1 is 1.19 bits per heavy atom. The molecule has 3 aromatic rings. The minimum Gasteiger partial charge on any atom is -0.470 e. The van der Waals surface area contributed by atoms with Gasteiger partial charge in [0.05, 0.1) is 24.3 Å². The number of hydrogen-bond donors (Lipinski definition) is 2. The van der Waals surface area contributed by atoms with Crippen LogP contribution in [0.1, 0.15) is 19.8 Å². The summed E-state index contributed by atoms with van der Waals surface area (Å²) in [6.07, 6.45) is 4.15. The zero-order chi connectivity index (χ0) is 26.5. The average Bonchev–Trinajstić information content (AvgIpc) is 3.51. The third kappa shape index (κ3) is 4.51. The van der Waals surface area contributed by atoms with E-state index < -0.39 is 41.4 Å². The maximum absolute atomic E-state index is 12.9. The van der Waals surface area contributed by atoms with Crippen LogP contribution in [0.3, 0.4) is 0 Å². The first-order chi connectivity index (χ1) is 17.5. The molecule has 1 amide bonds. The highest BCUT2D eigenvalue weighted by atomic mass is 16.6. The van der Waals surface area contributed by atoms with Crippen LogP contribution in [0.5, 0.6) is 5.88 Å². The van der Waals surface area contributed by atoms with Crippen LogP contribution in [0, 0.1) is 0 Å². The molecule has 0 spiro atoms. The third-order valence-electron chi connectivity index (χ3n) is 6.39. The molecule has 37 heavy (non-hydrogen) atoms. The molecule has 1 saturated carbocycles. The SMILES string of the molecule is CN(C(=O)/C1=C/OC(=O)[C@@H](O)[C@H](O)C(=O)O1)C1CC(C)(Oc2nc(-c3cnn(C)c3)cn3nccc23)C1. The van der Waals surface area contributed by atoms with Gasteiger partial charge in [0.25, 0.3) is 5.91 Å². The van der Waals surface area contributed by atoms with Gasteiger partial charge < -0.3 is 29.3 Å². The second-order valence-electron chi connectivity index (χ2n) is 9.25. The molecule has 14 nitrogen and oxygen atoms in total. The largest absolute Gasteiger partial charge is 0.470 e. The zero-order valence-electron chi connectivity index (χ0n) is 20.1.